The average molecular weight is 351 g/mol. The van der Waals surface area contributed by atoms with Crippen molar-refractivity contribution >= 4 is 28.4 Å². The van der Waals surface area contributed by atoms with E-state index in [9.17, 15) is 5.26 Å². The lowest BCUT2D eigenvalue weighted by atomic mass is 10.1. The van der Waals surface area contributed by atoms with Gasteiger partial charge in [0, 0.05) is 24.2 Å². The first-order chi connectivity index (χ1) is 12.1. The van der Waals surface area contributed by atoms with Crippen molar-refractivity contribution in [1.29, 1.82) is 5.26 Å². The molecule has 5 nitrogen and oxygen atoms in total. The molecule has 0 unspecified atom stereocenters. The molecule has 0 aliphatic carbocycles. The monoisotopic (exact) mass is 351 g/mol. The number of fused-ring (bicyclic) bond motifs is 1. The summed E-state index contributed by atoms with van der Waals surface area (Å²) in [4.78, 5) is 4.60. The molecule has 0 bridgehead atoms. The zero-order valence-corrected chi connectivity index (χ0v) is 15.5. The third kappa shape index (κ3) is 3.62. The van der Waals surface area contributed by atoms with Gasteiger partial charge in [0.25, 0.3) is 0 Å². The van der Waals surface area contributed by atoms with E-state index in [1.807, 2.05) is 42.1 Å². The normalized spacial score (nSPS) is 10.8. The molecule has 1 aromatic carbocycles. The van der Waals surface area contributed by atoms with Crippen LogP contribution in [0.25, 0.3) is 10.9 Å². The van der Waals surface area contributed by atoms with Gasteiger partial charge in [-0.1, -0.05) is 18.2 Å². The second-order valence-electron chi connectivity index (χ2n) is 5.93. The number of thioether (sulfide) groups is 1. The average Bonchev–Trinajstić information content (AvgIpc) is 2.95. The van der Waals surface area contributed by atoms with Gasteiger partial charge in [0.1, 0.15) is 16.7 Å². The maximum atomic E-state index is 9.61. The zero-order chi connectivity index (χ0) is 17.8. The minimum Gasteiger partial charge on any atom is -0.383 e. The lowest BCUT2D eigenvalue weighted by Gasteiger charge is -2.14. The molecule has 3 rings (SSSR count). The van der Waals surface area contributed by atoms with E-state index in [1.165, 1.54) is 17.5 Å². The van der Waals surface area contributed by atoms with Gasteiger partial charge < -0.3 is 5.32 Å². The quantitative estimate of drug-likeness (QED) is 0.534. The Hall–Kier alpha value is -2.52. The minimum atomic E-state index is 0.623. The maximum absolute atomic E-state index is 9.61. The second kappa shape index (κ2) is 7.58. The molecule has 25 heavy (non-hydrogen) atoms. The predicted octanol–water partition coefficient (Wildman–Crippen LogP) is 4.14. The number of nitriles is 1. The Kier molecular flexibility index (Phi) is 5.25. The van der Waals surface area contributed by atoms with Crippen LogP contribution in [0.3, 0.4) is 0 Å². The highest BCUT2D eigenvalue weighted by Crippen LogP contribution is 2.32. The standard InChI is InChI=1S/C19H21N5S/c1-13-11-14(2)24(23-13)10-6-9-21-18-15-7-4-5-8-17(15)22-19(25-3)16(18)12-20/h4-5,7-8,11H,6,9-10H2,1-3H3,(H,21,22). The molecule has 0 fully saturated rings. The van der Waals surface area contributed by atoms with Crippen LogP contribution in [0.5, 0.6) is 0 Å². The van der Waals surface area contributed by atoms with Crippen LogP contribution in [0.4, 0.5) is 5.69 Å². The van der Waals surface area contributed by atoms with Gasteiger partial charge in [-0.25, -0.2) is 4.98 Å². The Morgan fingerprint density at radius 2 is 2.08 bits per heavy atom. The van der Waals surface area contributed by atoms with E-state index in [4.69, 9.17) is 0 Å². The molecule has 0 amide bonds. The van der Waals surface area contributed by atoms with Gasteiger partial charge in [-0.05, 0) is 38.7 Å². The lowest BCUT2D eigenvalue weighted by Crippen LogP contribution is -2.10. The van der Waals surface area contributed by atoms with E-state index in [2.05, 4.69) is 34.5 Å². The van der Waals surface area contributed by atoms with Crippen molar-refractivity contribution in [1.82, 2.24) is 14.8 Å². The van der Waals surface area contributed by atoms with Crippen molar-refractivity contribution in [3.05, 3.63) is 47.3 Å². The lowest BCUT2D eigenvalue weighted by molar-refractivity contribution is 0.574. The number of anilines is 1. The van der Waals surface area contributed by atoms with E-state index >= 15 is 0 Å². The summed E-state index contributed by atoms with van der Waals surface area (Å²) in [5.74, 6) is 0. The Morgan fingerprint density at radius 1 is 1.28 bits per heavy atom. The summed E-state index contributed by atoms with van der Waals surface area (Å²) in [6, 6.07) is 12.3. The fourth-order valence-electron chi connectivity index (χ4n) is 2.97. The minimum absolute atomic E-state index is 0.623. The molecular formula is C19H21N5S. The zero-order valence-electron chi connectivity index (χ0n) is 14.7. The number of rotatable bonds is 6. The summed E-state index contributed by atoms with van der Waals surface area (Å²) in [6.45, 7) is 5.71. The van der Waals surface area contributed by atoms with Crippen molar-refractivity contribution in [2.75, 3.05) is 18.1 Å². The Bertz CT molecular complexity index is 939. The Labute approximate surface area is 152 Å². The molecule has 2 aromatic heterocycles. The van der Waals surface area contributed by atoms with Crippen molar-refractivity contribution in [2.45, 2.75) is 31.8 Å². The molecule has 0 spiro atoms. The largest absolute Gasteiger partial charge is 0.383 e. The van der Waals surface area contributed by atoms with Gasteiger partial charge in [-0.15, -0.1) is 11.8 Å². The molecule has 3 aromatic rings. The first-order valence-electron chi connectivity index (χ1n) is 8.25. The van der Waals surface area contributed by atoms with Crippen molar-refractivity contribution < 1.29 is 0 Å². The third-order valence-corrected chi connectivity index (χ3v) is 4.80. The van der Waals surface area contributed by atoms with Crippen LogP contribution < -0.4 is 5.32 Å². The highest BCUT2D eigenvalue weighted by atomic mass is 32.2. The first-order valence-corrected chi connectivity index (χ1v) is 9.48. The fourth-order valence-corrected chi connectivity index (χ4v) is 3.51. The number of para-hydroxylation sites is 1. The van der Waals surface area contributed by atoms with Gasteiger partial charge in [-0.2, -0.15) is 10.4 Å². The third-order valence-electron chi connectivity index (χ3n) is 4.12. The molecule has 0 saturated heterocycles. The Balaban J connectivity index is 1.80. The smallest absolute Gasteiger partial charge is 0.116 e. The molecule has 2 heterocycles. The summed E-state index contributed by atoms with van der Waals surface area (Å²) < 4.78 is 2.03. The Morgan fingerprint density at radius 3 is 2.76 bits per heavy atom. The number of nitrogens with one attached hydrogen (secondary N) is 1. The summed E-state index contributed by atoms with van der Waals surface area (Å²) in [5, 5.41) is 19.3. The van der Waals surface area contributed by atoms with Gasteiger partial charge in [0.2, 0.25) is 0 Å². The second-order valence-corrected chi connectivity index (χ2v) is 6.73. The molecular weight excluding hydrogens is 330 g/mol. The SMILES string of the molecule is CSc1nc2ccccc2c(NCCCn2nc(C)cc2C)c1C#N. The molecule has 0 aliphatic heterocycles. The summed E-state index contributed by atoms with van der Waals surface area (Å²) in [6.07, 6.45) is 2.88. The molecule has 6 heteroatoms. The van der Waals surface area contributed by atoms with E-state index in [1.54, 1.807) is 0 Å². The number of hydrogen-bond acceptors (Lipinski definition) is 5. The number of aromatic nitrogens is 3. The summed E-state index contributed by atoms with van der Waals surface area (Å²) >= 11 is 1.50. The molecule has 0 aliphatic rings. The van der Waals surface area contributed by atoms with Crippen LogP contribution in [0, 0.1) is 25.2 Å². The van der Waals surface area contributed by atoms with Crippen LogP contribution in [0.15, 0.2) is 35.4 Å². The molecule has 0 atom stereocenters. The van der Waals surface area contributed by atoms with E-state index in [0.717, 1.165) is 46.8 Å². The summed E-state index contributed by atoms with van der Waals surface area (Å²) in [5.41, 5.74) is 4.63. The van der Waals surface area contributed by atoms with Crippen LogP contribution in [-0.4, -0.2) is 27.6 Å². The maximum Gasteiger partial charge on any atom is 0.116 e. The highest BCUT2D eigenvalue weighted by molar-refractivity contribution is 7.98. The number of aryl methyl sites for hydroxylation is 3. The number of nitrogens with zero attached hydrogens (tertiary/aromatic N) is 4. The van der Waals surface area contributed by atoms with Gasteiger partial charge in [-0.3, -0.25) is 4.68 Å². The van der Waals surface area contributed by atoms with E-state index < -0.39 is 0 Å². The predicted molar refractivity (Wildman–Crippen MR) is 103 cm³/mol. The van der Waals surface area contributed by atoms with Crippen molar-refractivity contribution in [3.63, 3.8) is 0 Å². The van der Waals surface area contributed by atoms with Crippen LogP contribution in [-0.2, 0) is 6.54 Å². The van der Waals surface area contributed by atoms with E-state index in [0.29, 0.717) is 5.56 Å². The first kappa shape index (κ1) is 17.3. The van der Waals surface area contributed by atoms with Crippen molar-refractivity contribution in [2.24, 2.45) is 0 Å². The number of hydrogen-bond donors (Lipinski definition) is 1. The highest BCUT2D eigenvalue weighted by Gasteiger charge is 2.14. The van der Waals surface area contributed by atoms with Gasteiger partial charge >= 0.3 is 0 Å². The van der Waals surface area contributed by atoms with Crippen LogP contribution in [0.1, 0.15) is 23.4 Å². The molecule has 0 saturated carbocycles. The molecule has 0 radical (unpaired) electrons. The molecule has 128 valence electrons. The summed E-state index contributed by atoms with van der Waals surface area (Å²) in [7, 11) is 0. The van der Waals surface area contributed by atoms with Crippen LogP contribution >= 0.6 is 11.8 Å². The van der Waals surface area contributed by atoms with Gasteiger partial charge in [0.05, 0.1) is 16.9 Å². The topological polar surface area (TPSA) is 66.5 Å². The van der Waals surface area contributed by atoms with E-state index in [-0.39, 0.29) is 0 Å². The van der Waals surface area contributed by atoms with Gasteiger partial charge in [0.15, 0.2) is 0 Å². The van der Waals surface area contributed by atoms with Crippen molar-refractivity contribution in [3.8, 4) is 6.07 Å². The molecule has 1 N–H and O–H groups in total. The number of pyridine rings is 1. The van der Waals surface area contributed by atoms with Crippen LogP contribution in [0.2, 0.25) is 0 Å². The fraction of sp³-hybridized carbons (Fsp3) is 0.316. The number of benzene rings is 1.